The fourth-order valence-electron chi connectivity index (χ4n) is 3.43. The number of anilines is 1. The third-order valence-electron chi connectivity index (χ3n) is 4.67. The van der Waals surface area contributed by atoms with Gasteiger partial charge in [0, 0.05) is 43.1 Å². The second-order valence-electron chi connectivity index (χ2n) is 5.99. The van der Waals surface area contributed by atoms with Crippen LogP contribution in [0.1, 0.15) is 19.8 Å². The van der Waals surface area contributed by atoms with E-state index < -0.39 is 0 Å². The summed E-state index contributed by atoms with van der Waals surface area (Å²) in [4.78, 5) is 6.05. The average molecular weight is 286 g/mol. The second-order valence-corrected chi connectivity index (χ2v) is 5.99. The number of piperidine rings is 1. The SMILES string of the molecule is CCC1CN(c2cc3ccccc3[nH]2)CCC1NCCN. The molecule has 0 saturated carbocycles. The van der Waals surface area contributed by atoms with Crippen molar-refractivity contribution < 1.29 is 0 Å². The normalized spacial score (nSPS) is 22.9. The number of benzene rings is 1. The number of aromatic amines is 1. The van der Waals surface area contributed by atoms with E-state index >= 15 is 0 Å². The molecule has 2 aromatic rings. The predicted molar refractivity (Wildman–Crippen MR) is 89.8 cm³/mol. The van der Waals surface area contributed by atoms with E-state index in [1.807, 2.05) is 0 Å². The fraction of sp³-hybridized carbons (Fsp3) is 0.529. The highest BCUT2D eigenvalue weighted by atomic mass is 15.2. The van der Waals surface area contributed by atoms with Gasteiger partial charge in [0.05, 0.1) is 0 Å². The Labute approximate surface area is 126 Å². The summed E-state index contributed by atoms with van der Waals surface area (Å²) in [6, 6.07) is 11.4. The van der Waals surface area contributed by atoms with E-state index in [4.69, 9.17) is 5.73 Å². The van der Waals surface area contributed by atoms with E-state index in [-0.39, 0.29) is 0 Å². The third-order valence-corrected chi connectivity index (χ3v) is 4.67. The van der Waals surface area contributed by atoms with Gasteiger partial charge in [0.25, 0.3) is 0 Å². The van der Waals surface area contributed by atoms with Crippen molar-refractivity contribution in [2.45, 2.75) is 25.8 Å². The van der Waals surface area contributed by atoms with Crippen molar-refractivity contribution in [2.75, 3.05) is 31.1 Å². The number of nitrogens with one attached hydrogen (secondary N) is 2. The molecule has 114 valence electrons. The second kappa shape index (κ2) is 6.50. The summed E-state index contributed by atoms with van der Waals surface area (Å²) in [7, 11) is 0. The minimum absolute atomic E-state index is 0.610. The van der Waals surface area contributed by atoms with Gasteiger partial charge in [-0.3, -0.25) is 0 Å². The Morgan fingerprint density at radius 1 is 1.38 bits per heavy atom. The molecular weight excluding hydrogens is 260 g/mol. The molecule has 1 aliphatic rings. The van der Waals surface area contributed by atoms with Crippen LogP contribution in [-0.2, 0) is 0 Å². The van der Waals surface area contributed by atoms with Crippen LogP contribution in [0.4, 0.5) is 5.82 Å². The highest BCUT2D eigenvalue weighted by Crippen LogP contribution is 2.27. The average Bonchev–Trinajstić information content (AvgIpc) is 2.96. The van der Waals surface area contributed by atoms with Gasteiger partial charge in [0.15, 0.2) is 0 Å². The van der Waals surface area contributed by atoms with Crippen molar-refractivity contribution in [1.29, 1.82) is 0 Å². The Morgan fingerprint density at radius 2 is 2.24 bits per heavy atom. The maximum Gasteiger partial charge on any atom is 0.106 e. The molecule has 1 aromatic carbocycles. The molecule has 1 fully saturated rings. The van der Waals surface area contributed by atoms with Crippen LogP contribution in [0.15, 0.2) is 30.3 Å². The lowest BCUT2D eigenvalue weighted by Crippen LogP contribution is -2.50. The number of fused-ring (bicyclic) bond motifs is 1. The van der Waals surface area contributed by atoms with Gasteiger partial charge in [-0.2, -0.15) is 0 Å². The van der Waals surface area contributed by atoms with Gasteiger partial charge in [0.1, 0.15) is 5.82 Å². The lowest BCUT2D eigenvalue weighted by atomic mass is 9.90. The summed E-state index contributed by atoms with van der Waals surface area (Å²) in [5, 5.41) is 4.90. The van der Waals surface area contributed by atoms with Gasteiger partial charge >= 0.3 is 0 Å². The molecule has 4 nitrogen and oxygen atoms in total. The lowest BCUT2D eigenvalue weighted by Gasteiger charge is -2.39. The first-order valence-corrected chi connectivity index (χ1v) is 8.08. The van der Waals surface area contributed by atoms with Gasteiger partial charge in [-0.1, -0.05) is 31.5 Å². The zero-order chi connectivity index (χ0) is 14.7. The Bertz CT molecular complexity index is 544. The molecule has 1 aromatic heterocycles. The summed E-state index contributed by atoms with van der Waals surface area (Å²) in [6.45, 7) is 6.15. The predicted octanol–water partition coefficient (Wildman–Crippen LogP) is 2.32. The maximum atomic E-state index is 5.62. The van der Waals surface area contributed by atoms with Gasteiger partial charge in [-0.25, -0.2) is 0 Å². The summed E-state index contributed by atoms with van der Waals surface area (Å²) in [6.07, 6.45) is 2.40. The van der Waals surface area contributed by atoms with Crippen LogP contribution in [-0.4, -0.2) is 37.2 Å². The fourth-order valence-corrected chi connectivity index (χ4v) is 3.43. The maximum absolute atomic E-state index is 5.62. The van der Waals surface area contributed by atoms with Crippen molar-refractivity contribution in [3.8, 4) is 0 Å². The first-order chi connectivity index (χ1) is 10.3. The molecule has 4 N–H and O–H groups in total. The van der Waals surface area contributed by atoms with Crippen molar-refractivity contribution in [1.82, 2.24) is 10.3 Å². The molecule has 0 amide bonds. The number of para-hydroxylation sites is 1. The Hall–Kier alpha value is -1.52. The molecule has 1 aliphatic heterocycles. The molecule has 0 bridgehead atoms. The zero-order valence-electron chi connectivity index (χ0n) is 12.8. The lowest BCUT2D eigenvalue weighted by molar-refractivity contribution is 0.296. The first kappa shape index (κ1) is 14.4. The highest BCUT2D eigenvalue weighted by Gasteiger charge is 2.28. The molecular formula is C17H26N4. The van der Waals surface area contributed by atoms with Crippen molar-refractivity contribution >= 4 is 16.7 Å². The van der Waals surface area contributed by atoms with Gasteiger partial charge in [-0.15, -0.1) is 0 Å². The van der Waals surface area contributed by atoms with Crippen LogP contribution in [0.25, 0.3) is 10.9 Å². The molecule has 0 spiro atoms. The molecule has 2 unspecified atom stereocenters. The number of nitrogens with two attached hydrogens (primary N) is 1. The number of hydrogen-bond donors (Lipinski definition) is 3. The summed E-state index contributed by atoms with van der Waals surface area (Å²) in [5.41, 5.74) is 6.84. The van der Waals surface area contributed by atoms with Crippen LogP contribution in [0.5, 0.6) is 0 Å². The highest BCUT2D eigenvalue weighted by molar-refractivity contribution is 5.83. The van der Waals surface area contributed by atoms with Crippen molar-refractivity contribution in [2.24, 2.45) is 11.7 Å². The molecule has 0 aliphatic carbocycles. The van der Waals surface area contributed by atoms with E-state index in [2.05, 4.69) is 52.5 Å². The minimum atomic E-state index is 0.610. The van der Waals surface area contributed by atoms with E-state index in [9.17, 15) is 0 Å². The molecule has 2 atom stereocenters. The number of H-pyrrole nitrogens is 1. The van der Waals surface area contributed by atoms with E-state index in [1.165, 1.54) is 29.6 Å². The molecule has 4 heteroatoms. The van der Waals surface area contributed by atoms with Crippen LogP contribution in [0, 0.1) is 5.92 Å². The largest absolute Gasteiger partial charge is 0.358 e. The van der Waals surface area contributed by atoms with Crippen LogP contribution < -0.4 is 16.0 Å². The summed E-state index contributed by atoms with van der Waals surface area (Å²) in [5.74, 6) is 1.95. The number of nitrogens with zero attached hydrogens (tertiary/aromatic N) is 1. The smallest absolute Gasteiger partial charge is 0.106 e. The Morgan fingerprint density at radius 3 is 3.00 bits per heavy atom. The molecule has 0 radical (unpaired) electrons. The first-order valence-electron chi connectivity index (χ1n) is 8.08. The summed E-state index contributed by atoms with van der Waals surface area (Å²) < 4.78 is 0. The minimum Gasteiger partial charge on any atom is -0.358 e. The number of aromatic nitrogens is 1. The zero-order valence-corrected chi connectivity index (χ0v) is 12.8. The van der Waals surface area contributed by atoms with Crippen molar-refractivity contribution in [3.63, 3.8) is 0 Å². The van der Waals surface area contributed by atoms with E-state index in [0.29, 0.717) is 12.0 Å². The van der Waals surface area contributed by atoms with Gasteiger partial charge < -0.3 is 20.9 Å². The summed E-state index contributed by atoms with van der Waals surface area (Å²) >= 11 is 0. The Kier molecular flexibility index (Phi) is 4.46. The van der Waals surface area contributed by atoms with E-state index in [1.54, 1.807) is 0 Å². The van der Waals surface area contributed by atoms with Gasteiger partial charge in [-0.05, 0) is 24.5 Å². The van der Waals surface area contributed by atoms with Crippen LogP contribution in [0.2, 0.25) is 0 Å². The van der Waals surface area contributed by atoms with Crippen molar-refractivity contribution in [3.05, 3.63) is 30.3 Å². The molecule has 2 heterocycles. The molecule has 21 heavy (non-hydrogen) atoms. The standard InChI is InChI=1S/C17H26N4/c1-2-13-12-21(10-7-15(13)19-9-8-18)17-11-14-5-3-4-6-16(14)20-17/h3-6,11,13,15,19-20H,2,7-10,12,18H2,1H3. The monoisotopic (exact) mass is 286 g/mol. The Balaban J connectivity index is 1.72. The molecule has 1 saturated heterocycles. The number of hydrogen-bond acceptors (Lipinski definition) is 3. The van der Waals surface area contributed by atoms with Crippen LogP contribution in [0.3, 0.4) is 0 Å². The topological polar surface area (TPSA) is 57.1 Å². The molecule has 3 rings (SSSR count). The quantitative estimate of drug-likeness (QED) is 0.790. The third kappa shape index (κ3) is 3.06. The van der Waals surface area contributed by atoms with E-state index in [0.717, 1.165) is 26.2 Å². The number of rotatable bonds is 5. The van der Waals surface area contributed by atoms with Crippen LogP contribution >= 0.6 is 0 Å². The van der Waals surface area contributed by atoms with Gasteiger partial charge in [0.2, 0.25) is 0 Å².